The van der Waals surface area contributed by atoms with Crippen molar-refractivity contribution in [1.29, 1.82) is 0 Å². The first-order valence-electron chi connectivity index (χ1n) is 5.08. The standard InChI is InChI=1S/C12H16O4/c1-9(6-13)8-16-11-4-3-10(7-14)5-12(11)15-2/h3-5,7,9,13H,6,8H2,1-2H3. The van der Waals surface area contributed by atoms with Crippen molar-refractivity contribution in [2.45, 2.75) is 6.92 Å². The zero-order valence-corrected chi connectivity index (χ0v) is 9.47. The highest BCUT2D eigenvalue weighted by Crippen LogP contribution is 2.27. The molecule has 1 N–H and O–H groups in total. The first kappa shape index (κ1) is 12.5. The van der Waals surface area contributed by atoms with E-state index >= 15 is 0 Å². The van der Waals surface area contributed by atoms with Crippen LogP contribution < -0.4 is 9.47 Å². The second kappa shape index (κ2) is 6.12. The molecular weight excluding hydrogens is 208 g/mol. The number of aliphatic hydroxyl groups is 1. The summed E-state index contributed by atoms with van der Waals surface area (Å²) < 4.78 is 10.6. The molecule has 0 saturated carbocycles. The monoisotopic (exact) mass is 224 g/mol. The smallest absolute Gasteiger partial charge is 0.161 e. The Kier molecular flexibility index (Phi) is 4.79. The van der Waals surface area contributed by atoms with Crippen LogP contribution in [0.25, 0.3) is 0 Å². The maximum absolute atomic E-state index is 10.6. The fourth-order valence-corrected chi connectivity index (χ4v) is 1.16. The lowest BCUT2D eigenvalue weighted by atomic mass is 10.2. The van der Waals surface area contributed by atoms with Gasteiger partial charge in [0.15, 0.2) is 11.5 Å². The Morgan fingerprint density at radius 1 is 1.44 bits per heavy atom. The molecule has 0 heterocycles. The van der Waals surface area contributed by atoms with E-state index in [2.05, 4.69) is 0 Å². The van der Waals surface area contributed by atoms with Crippen LogP contribution in [-0.2, 0) is 0 Å². The lowest BCUT2D eigenvalue weighted by Gasteiger charge is -2.13. The fourth-order valence-electron chi connectivity index (χ4n) is 1.16. The normalized spacial score (nSPS) is 11.9. The third-order valence-corrected chi connectivity index (χ3v) is 2.16. The Morgan fingerprint density at radius 2 is 2.19 bits per heavy atom. The number of carbonyl (C=O) groups excluding carboxylic acids is 1. The summed E-state index contributed by atoms with van der Waals surface area (Å²) in [6.07, 6.45) is 0.753. The number of methoxy groups -OCH3 is 1. The van der Waals surface area contributed by atoms with Crippen LogP contribution in [0.2, 0.25) is 0 Å². The van der Waals surface area contributed by atoms with Gasteiger partial charge >= 0.3 is 0 Å². The molecule has 0 saturated heterocycles. The van der Waals surface area contributed by atoms with Gasteiger partial charge in [-0.1, -0.05) is 6.92 Å². The van der Waals surface area contributed by atoms with Crippen molar-refractivity contribution < 1.29 is 19.4 Å². The molecular formula is C12H16O4. The largest absolute Gasteiger partial charge is 0.493 e. The molecule has 1 rings (SSSR count). The summed E-state index contributed by atoms with van der Waals surface area (Å²) in [5.74, 6) is 1.17. The minimum absolute atomic E-state index is 0.0652. The van der Waals surface area contributed by atoms with Gasteiger partial charge in [0.25, 0.3) is 0 Å². The number of aldehydes is 1. The quantitative estimate of drug-likeness (QED) is 0.744. The number of rotatable bonds is 6. The molecule has 1 atom stereocenters. The Labute approximate surface area is 94.8 Å². The van der Waals surface area contributed by atoms with E-state index < -0.39 is 0 Å². The molecule has 0 aliphatic heterocycles. The van der Waals surface area contributed by atoms with Crippen LogP contribution in [0.15, 0.2) is 18.2 Å². The summed E-state index contributed by atoms with van der Waals surface area (Å²) in [4.78, 5) is 10.6. The van der Waals surface area contributed by atoms with E-state index in [0.717, 1.165) is 6.29 Å². The molecule has 0 radical (unpaired) electrons. The van der Waals surface area contributed by atoms with Gasteiger partial charge in [-0.2, -0.15) is 0 Å². The topological polar surface area (TPSA) is 55.8 Å². The molecule has 4 heteroatoms. The Hall–Kier alpha value is -1.55. The van der Waals surface area contributed by atoms with Gasteiger partial charge in [0, 0.05) is 18.1 Å². The molecule has 1 unspecified atom stereocenters. The van der Waals surface area contributed by atoms with Crippen LogP contribution >= 0.6 is 0 Å². The van der Waals surface area contributed by atoms with Gasteiger partial charge in [-0.05, 0) is 18.2 Å². The van der Waals surface area contributed by atoms with Crippen molar-refractivity contribution in [3.8, 4) is 11.5 Å². The van der Waals surface area contributed by atoms with Gasteiger partial charge in [0.05, 0.1) is 13.7 Å². The molecule has 0 fully saturated rings. The van der Waals surface area contributed by atoms with Crippen molar-refractivity contribution in [3.63, 3.8) is 0 Å². The van der Waals surface area contributed by atoms with E-state index in [1.165, 1.54) is 7.11 Å². The molecule has 0 aromatic heterocycles. The minimum Gasteiger partial charge on any atom is -0.493 e. The van der Waals surface area contributed by atoms with Crippen LogP contribution in [-0.4, -0.2) is 31.7 Å². The molecule has 88 valence electrons. The van der Waals surface area contributed by atoms with Crippen LogP contribution in [0.1, 0.15) is 17.3 Å². The van der Waals surface area contributed by atoms with E-state index in [1.807, 2.05) is 6.92 Å². The van der Waals surface area contributed by atoms with Crippen LogP contribution in [0, 0.1) is 5.92 Å². The first-order chi connectivity index (χ1) is 7.71. The SMILES string of the molecule is COc1cc(C=O)ccc1OCC(C)CO. The highest BCUT2D eigenvalue weighted by molar-refractivity contribution is 5.76. The third-order valence-electron chi connectivity index (χ3n) is 2.16. The maximum atomic E-state index is 10.6. The van der Waals surface area contributed by atoms with Crippen LogP contribution in [0.4, 0.5) is 0 Å². The Morgan fingerprint density at radius 3 is 2.75 bits per heavy atom. The van der Waals surface area contributed by atoms with Crippen molar-refractivity contribution in [2.75, 3.05) is 20.3 Å². The summed E-state index contributed by atoms with van der Waals surface area (Å²) in [7, 11) is 1.52. The van der Waals surface area contributed by atoms with Crippen LogP contribution in [0.3, 0.4) is 0 Å². The Bertz CT molecular complexity index is 349. The maximum Gasteiger partial charge on any atom is 0.161 e. The number of benzene rings is 1. The summed E-state index contributed by atoms with van der Waals surface area (Å²) in [5, 5.41) is 8.86. The van der Waals surface area contributed by atoms with Crippen molar-refractivity contribution in [3.05, 3.63) is 23.8 Å². The number of ether oxygens (including phenoxy) is 2. The summed E-state index contributed by atoms with van der Waals surface area (Å²) in [6.45, 7) is 2.37. The molecule has 1 aromatic carbocycles. The van der Waals surface area contributed by atoms with Crippen molar-refractivity contribution in [2.24, 2.45) is 5.92 Å². The highest BCUT2D eigenvalue weighted by atomic mass is 16.5. The van der Waals surface area contributed by atoms with Gasteiger partial charge in [0.2, 0.25) is 0 Å². The lowest BCUT2D eigenvalue weighted by Crippen LogP contribution is -2.12. The average Bonchev–Trinajstić information content (AvgIpc) is 2.35. The van der Waals surface area contributed by atoms with Crippen molar-refractivity contribution >= 4 is 6.29 Å². The van der Waals surface area contributed by atoms with Crippen LogP contribution in [0.5, 0.6) is 11.5 Å². The molecule has 16 heavy (non-hydrogen) atoms. The van der Waals surface area contributed by atoms with Gasteiger partial charge in [-0.15, -0.1) is 0 Å². The minimum atomic E-state index is 0.0652. The number of hydrogen-bond donors (Lipinski definition) is 1. The number of carbonyl (C=O) groups is 1. The average molecular weight is 224 g/mol. The zero-order valence-electron chi connectivity index (χ0n) is 9.47. The third kappa shape index (κ3) is 3.24. The number of aliphatic hydroxyl groups excluding tert-OH is 1. The van der Waals surface area contributed by atoms with E-state index in [1.54, 1.807) is 18.2 Å². The molecule has 0 spiro atoms. The molecule has 0 amide bonds. The van der Waals surface area contributed by atoms with E-state index in [9.17, 15) is 4.79 Å². The second-order valence-electron chi connectivity index (χ2n) is 3.63. The second-order valence-corrected chi connectivity index (χ2v) is 3.63. The predicted molar refractivity (Wildman–Crippen MR) is 60.1 cm³/mol. The van der Waals surface area contributed by atoms with Gasteiger partial charge in [0.1, 0.15) is 6.29 Å². The van der Waals surface area contributed by atoms with Crippen molar-refractivity contribution in [1.82, 2.24) is 0 Å². The molecule has 0 aliphatic rings. The van der Waals surface area contributed by atoms with E-state index in [4.69, 9.17) is 14.6 Å². The summed E-state index contributed by atoms with van der Waals surface area (Å²) >= 11 is 0. The predicted octanol–water partition coefficient (Wildman–Crippen LogP) is 1.51. The summed E-state index contributed by atoms with van der Waals surface area (Å²) in [5.41, 5.74) is 0.541. The molecule has 1 aromatic rings. The molecule has 0 bridgehead atoms. The molecule has 0 aliphatic carbocycles. The molecule has 4 nitrogen and oxygen atoms in total. The summed E-state index contributed by atoms with van der Waals surface area (Å²) in [6, 6.07) is 4.97. The van der Waals surface area contributed by atoms with Gasteiger partial charge in [-0.3, -0.25) is 4.79 Å². The zero-order chi connectivity index (χ0) is 12.0. The lowest BCUT2D eigenvalue weighted by molar-refractivity contribution is 0.112. The Balaban J connectivity index is 2.75. The van der Waals surface area contributed by atoms with E-state index in [-0.39, 0.29) is 12.5 Å². The van der Waals surface area contributed by atoms with Gasteiger partial charge < -0.3 is 14.6 Å². The van der Waals surface area contributed by atoms with Gasteiger partial charge in [-0.25, -0.2) is 0 Å². The fraction of sp³-hybridized carbons (Fsp3) is 0.417. The highest BCUT2D eigenvalue weighted by Gasteiger charge is 2.07. The first-order valence-corrected chi connectivity index (χ1v) is 5.08. The van der Waals surface area contributed by atoms with E-state index in [0.29, 0.717) is 23.7 Å². The number of hydrogen-bond acceptors (Lipinski definition) is 4.